The quantitative estimate of drug-likeness (QED) is 0.769. The number of fused-ring (bicyclic) bond motifs is 1. The summed E-state index contributed by atoms with van der Waals surface area (Å²) in [6.45, 7) is 4.33. The van der Waals surface area contributed by atoms with Crippen molar-refractivity contribution in [2.24, 2.45) is 0 Å². The van der Waals surface area contributed by atoms with E-state index in [2.05, 4.69) is 0 Å². The molecule has 0 N–H and O–H groups in total. The van der Waals surface area contributed by atoms with Crippen LogP contribution in [0.25, 0.3) is 10.8 Å². The summed E-state index contributed by atoms with van der Waals surface area (Å²) in [6, 6.07) is 11.5. The van der Waals surface area contributed by atoms with Gasteiger partial charge < -0.3 is 9.47 Å². The molecule has 2 rings (SSSR count). The molecule has 0 amide bonds. The van der Waals surface area contributed by atoms with Gasteiger partial charge in [0.15, 0.2) is 0 Å². The lowest BCUT2D eigenvalue weighted by molar-refractivity contribution is -0.143. The maximum Gasteiger partial charge on any atom is 0.310 e. The van der Waals surface area contributed by atoms with Gasteiger partial charge >= 0.3 is 11.9 Å². The van der Waals surface area contributed by atoms with Gasteiger partial charge in [0.25, 0.3) is 0 Å². The lowest BCUT2D eigenvalue weighted by atomic mass is 9.96. The zero-order valence-electron chi connectivity index (χ0n) is 12.9. The highest BCUT2D eigenvalue weighted by Crippen LogP contribution is 2.24. The summed E-state index contributed by atoms with van der Waals surface area (Å²) in [5, 5.41) is 1.94. The zero-order valence-corrected chi connectivity index (χ0v) is 12.9. The first kappa shape index (κ1) is 16.0. The molecule has 2 aromatic carbocycles. The molecule has 0 aliphatic rings. The van der Waals surface area contributed by atoms with E-state index in [1.807, 2.05) is 36.4 Å². The van der Waals surface area contributed by atoms with E-state index in [9.17, 15) is 9.59 Å². The largest absolute Gasteiger partial charge is 0.466 e. The predicted molar refractivity (Wildman–Crippen MR) is 84.6 cm³/mol. The van der Waals surface area contributed by atoms with E-state index in [0.717, 1.165) is 21.9 Å². The summed E-state index contributed by atoms with van der Waals surface area (Å²) in [7, 11) is 0. The second kappa shape index (κ2) is 7.59. The second-order valence-electron chi connectivity index (χ2n) is 4.89. The molecule has 0 aliphatic heterocycles. The van der Waals surface area contributed by atoms with E-state index in [0.29, 0.717) is 13.2 Å². The Bertz CT molecular complexity index is 617. The van der Waals surface area contributed by atoms with E-state index in [1.54, 1.807) is 13.8 Å². The van der Waals surface area contributed by atoms with Crippen molar-refractivity contribution in [3.05, 3.63) is 47.5 Å². The molecule has 0 heterocycles. The van der Waals surface area contributed by atoms with Gasteiger partial charge in [0, 0.05) is 0 Å². The van der Waals surface area contributed by atoms with Crippen LogP contribution < -0.4 is 0 Å². The summed E-state index contributed by atoms with van der Waals surface area (Å²) in [5.74, 6) is -0.489. The fraction of sp³-hybridized carbons (Fsp3) is 0.333. The van der Waals surface area contributed by atoms with Crippen molar-refractivity contribution in [2.75, 3.05) is 13.2 Å². The minimum atomic E-state index is -0.245. The number of esters is 2. The van der Waals surface area contributed by atoms with Crippen molar-refractivity contribution in [3.63, 3.8) is 0 Å². The number of ether oxygens (including phenoxy) is 2. The molecule has 4 nitrogen and oxygen atoms in total. The first-order chi connectivity index (χ1) is 10.7. The molecule has 0 aliphatic carbocycles. The van der Waals surface area contributed by atoms with Crippen LogP contribution in [-0.4, -0.2) is 25.2 Å². The van der Waals surface area contributed by atoms with Gasteiger partial charge in [-0.2, -0.15) is 0 Å². The third kappa shape index (κ3) is 3.85. The van der Waals surface area contributed by atoms with Gasteiger partial charge in [0.05, 0.1) is 26.1 Å². The number of carbonyl (C=O) groups excluding carboxylic acids is 2. The molecule has 0 fully saturated rings. The second-order valence-corrected chi connectivity index (χ2v) is 4.89. The number of rotatable bonds is 6. The molecule has 0 bridgehead atoms. The first-order valence-electron chi connectivity index (χ1n) is 7.46. The molecule has 2 aromatic rings. The standard InChI is InChI=1S/C18H20O4/c1-3-21-17(19)11-13-9-10-14(12-18(20)22-4-2)16-8-6-5-7-15(13)16/h5-10H,3-4,11-12H2,1-2H3. The van der Waals surface area contributed by atoms with Crippen molar-refractivity contribution in [1.29, 1.82) is 0 Å². The van der Waals surface area contributed by atoms with Gasteiger partial charge in [0.2, 0.25) is 0 Å². The lowest BCUT2D eigenvalue weighted by Crippen LogP contribution is -2.10. The highest BCUT2D eigenvalue weighted by molar-refractivity contribution is 5.93. The van der Waals surface area contributed by atoms with Crippen molar-refractivity contribution in [2.45, 2.75) is 26.7 Å². The van der Waals surface area contributed by atoms with Gasteiger partial charge in [-0.25, -0.2) is 0 Å². The maximum absolute atomic E-state index is 11.7. The molecular formula is C18H20O4. The zero-order chi connectivity index (χ0) is 15.9. The lowest BCUT2D eigenvalue weighted by Gasteiger charge is -2.11. The third-order valence-corrected chi connectivity index (χ3v) is 3.38. The highest BCUT2D eigenvalue weighted by atomic mass is 16.5. The Labute approximate surface area is 130 Å². The fourth-order valence-corrected chi connectivity index (χ4v) is 2.47. The number of carbonyl (C=O) groups is 2. The Morgan fingerprint density at radius 3 is 1.55 bits per heavy atom. The van der Waals surface area contributed by atoms with E-state index >= 15 is 0 Å². The molecule has 0 saturated carbocycles. The molecule has 116 valence electrons. The summed E-state index contributed by atoms with van der Waals surface area (Å²) < 4.78 is 10.0. The molecule has 0 unspecified atom stereocenters. The van der Waals surface area contributed by atoms with E-state index in [1.165, 1.54) is 0 Å². The fourth-order valence-electron chi connectivity index (χ4n) is 2.47. The van der Waals surface area contributed by atoms with Crippen molar-refractivity contribution in [3.8, 4) is 0 Å². The SMILES string of the molecule is CCOC(=O)Cc1ccc(CC(=O)OCC)c2ccccc12. The first-order valence-corrected chi connectivity index (χ1v) is 7.46. The average molecular weight is 300 g/mol. The minimum Gasteiger partial charge on any atom is -0.466 e. The molecule has 0 spiro atoms. The number of benzene rings is 2. The number of hydrogen-bond donors (Lipinski definition) is 0. The predicted octanol–water partition coefficient (Wildman–Crippen LogP) is 3.05. The van der Waals surface area contributed by atoms with Crippen LogP contribution in [0.4, 0.5) is 0 Å². The topological polar surface area (TPSA) is 52.6 Å². The molecule has 0 radical (unpaired) electrons. The smallest absolute Gasteiger partial charge is 0.310 e. The van der Waals surface area contributed by atoms with Gasteiger partial charge in [-0.1, -0.05) is 36.4 Å². The third-order valence-electron chi connectivity index (χ3n) is 3.38. The van der Waals surface area contributed by atoms with Gasteiger partial charge in [0.1, 0.15) is 0 Å². The van der Waals surface area contributed by atoms with Crippen LogP contribution in [0, 0.1) is 0 Å². The summed E-state index contributed by atoms with van der Waals surface area (Å²) >= 11 is 0. The Hall–Kier alpha value is -2.36. The highest BCUT2D eigenvalue weighted by Gasteiger charge is 2.12. The molecule has 22 heavy (non-hydrogen) atoms. The number of hydrogen-bond acceptors (Lipinski definition) is 4. The van der Waals surface area contributed by atoms with Crippen LogP contribution in [0.5, 0.6) is 0 Å². The Morgan fingerprint density at radius 1 is 0.773 bits per heavy atom. The Balaban J connectivity index is 2.34. The summed E-state index contributed by atoms with van der Waals surface area (Å²) in [4.78, 5) is 23.4. The van der Waals surface area contributed by atoms with Gasteiger partial charge in [-0.3, -0.25) is 9.59 Å². The van der Waals surface area contributed by atoms with Crippen LogP contribution in [0.15, 0.2) is 36.4 Å². The molecule has 0 saturated heterocycles. The van der Waals surface area contributed by atoms with Crippen LogP contribution in [0.1, 0.15) is 25.0 Å². The molecule has 0 atom stereocenters. The van der Waals surface area contributed by atoms with Crippen molar-refractivity contribution in [1.82, 2.24) is 0 Å². The van der Waals surface area contributed by atoms with Crippen LogP contribution >= 0.6 is 0 Å². The van der Waals surface area contributed by atoms with E-state index in [4.69, 9.17) is 9.47 Å². The normalized spacial score (nSPS) is 10.5. The van der Waals surface area contributed by atoms with Gasteiger partial charge in [-0.15, -0.1) is 0 Å². The summed E-state index contributed by atoms with van der Waals surface area (Å²) in [5.41, 5.74) is 1.81. The van der Waals surface area contributed by atoms with Crippen LogP contribution in [0.2, 0.25) is 0 Å². The average Bonchev–Trinajstić information content (AvgIpc) is 2.50. The van der Waals surface area contributed by atoms with Crippen molar-refractivity contribution < 1.29 is 19.1 Å². The van der Waals surface area contributed by atoms with Crippen LogP contribution in [-0.2, 0) is 31.9 Å². The minimum absolute atomic E-state index is 0.230. The molecule has 4 heteroatoms. The molecular weight excluding hydrogens is 280 g/mol. The molecule has 0 aromatic heterocycles. The van der Waals surface area contributed by atoms with Gasteiger partial charge in [-0.05, 0) is 35.7 Å². The summed E-state index contributed by atoms with van der Waals surface area (Å²) in [6.07, 6.45) is 0.460. The van der Waals surface area contributed by atoms with E-state index in [-0.39, 0.29) is 24.8 Å². The Morgan fingerprint density at radius 2 is 1.18 bits per heavy atom. The Kier molecular flexibility index (Phi) is 5.53. The van der Waals surface area contributed by atoms with Crippen molar-refractivity contribution >= 4 is 22.7 Å². The van der Waals surface area contributed by atoms with Crippen LogP contribution in [0.3, 0.4) is 0 Å². The van der Waals surface area contributed by atoms with E-state index < -0.39 is 0 Å². The maximum atomic E-state index is 11.7. The monoisotopic (exact) mass is 300 g/mol.